The summed E-state index contributed by atoms with van der Waals surface area (Å²) in [4.78, 5) is 12.4. The molecule has 0 heterocycles. The van der Waals surface area contributed by atoms with Gasteiger partial charge in [0.1, 0.15) is 11.5 Å². The van der Waals surface area contributed by atoms with E-state index in [9.17, 15) is 9.90 Å². The lowest BCUT2D eigenvalue weighted by Crippen LogP contribution is -2.25. The first kappa shape index (κ1) is 26.7. The summed E-state index contributed by atoms with van der Waals surface area (Å²) < 4.78 is 5.64. The fourth-order valence-electron chi connectivity index (χ4n) is 5.08. The van der Waals surface area contributed by atoms with Crippen LogP contribution in [0.5, 0.6) is 11.5 Å². The van der Waals surface area contributed by atoms with Crippen LogP contribution in [0, 0.1) is 11.3 Å². The van der Waals surface area contributed by atoms with Crippen LogP contribution in [0.4, 0.5) is 0 Å². The standard InChI is InChI=1S/C34H40O3/c1-5-24-11-13-26(14-12-24)31(23-25-9-7-6-8-10-25)32(27-15-19-29(35)20-16-27)28-17-21-30(22-18-28)37-33(36)34(2,3)4/h11-22,25,35H,5-10,23H2,1-4H3/b32-31+. The summed E-state index contributed by atoms with van der Waals surface area (Å²) in [6.45, 7) is 7.76. The highest BCUT2D eigenvalue weighted by molar-refractivity contribution is 5.99. The lowest BCUT2D eigenvalue weighted by molar-refractivity contribution is -0.142. The summed E-state index contributed by atoms with van der Waals surface area (Å²) in [6.07, 6.45) is 8.50. The zero-order chi connectivity index (χ0) is 26.4. The molecule has 0 aromatic heterocycles. The first-order valence-electron chi connectivity index (χ1n) is 13.7. The Kier molecular flexibility index (Phi) is 8.53. The highest BCUT2D eigenvalue weighted by Gasteiger charge is 2.24. The van der Waals surface area contributed by atoms with E-state index in [1.54, 1.807) is 12.1 Å². The summed E-state index contributed by atoms with van der Waals surface area (Å²) in [5.41, 5.74) is 6.66. The summed E-state index contributed by atoms with van der Waals surface area (Å²) in [5, 5.41) is 10.0. The first-order chi connectivity index (χ1) is 17.7. The number of esters is 1. The van der Waals surface area contributed by atoms with Crippen molar-refractivity contribution in [3.63, 3.8) is 0 Å². The van der Waals surface area contributed by atoms with Gasteiger partial charge in [-0.3, -0.25) is 4.79 Å². The largest absolute Gasteiger partial charge is 0.508 e. The van der Waals surface area contributed by atoms with Crippen LogP contribution in [0.25, 0.3) is 11.1 Å². The molecule has 0 bridgehead atoms. The molecule has 3 nitrogen and oxygen atoms in total. The third kappa shape index (κ3) is 6.91. The Hall–Kier alpha value is -3.33. The van der Waals surface area contributed by atoms with E-state index in [-0.39, 0.29) is 11.7 Å². The van der Waals surface area contributed by atoms with Crippen LogP contribution < -0.4 is 4.74 Å². The Morgan fingerprint density at radius 3 is 1.89 bits per heavy atom. The maximum atomic E-state index is 12.4. The SMILES string of the molecule is CCc1ccc(/C(CC2CCCCC2)=C(\c2ccc(O)cc2)c2ccc(OC(=O)C(C)(C)C)cc2)cc1. The molecule has 0 spiro atoms. The number of phenols is 1. The number of hydrogen-bond acceptors (Lipinski definition) is 3. The Morgan fingerprint density at radius 1 is 0.811 bits per heavy atom. The number of hydrogen-bond donors (Lipinski definition) is 1. The average Bonchev–Trinajstić information content (AvgIpc) is 2.90. The van der Waals surface area contributed by atoms with Crippen LogP contribution in [0.15, 0.2) is 72.8 Å². The predicted molar refractivity (Wildman–Crippen MR) is 153 cm³/mol. The van der Waals surface area contributed by atoms with Crippen molar-refractivity contribution in [1.82, 2.24) is 0 Å². The Bertz CT molecular complexity index is 1200. The van der Waals surface area contributed by atoms with Gasteiger partial charge >= 0.3 is 5.97 Å². The van der Waals surface area contributed by atoms with E-state index in [0.29, 0.717) is 11.7 Å². The van der Waals surface area contributed by atoms with Crippen molar-refractivity contribution in [2.24, 2.45) is 11.3 Å². The molecule has 0 aliphatic heterocycles. The Morgan fingerprint density at radius 2 is 1.35 bits per heavy atom. The third-order valence-corrected chi connectivity index (χ3v) is 7.35. The van der Waals surface area contributed by atoms with E-state index in [1.165, 1.54) is 54.4 Å². The predicted octanol–water partition coefficient (Wildman–Crippen LogP) is 8.84. The molecule has 1 saturated carbocycles. The van der Waals surface area contributed by atoms with Gasteiger partial charge in [-0.2, -0.15) is 0 Å². The number of rotatable bonds is 7. The van der Waals surface area contributed by atoms with Gasteiger partial charge in [0, 0.05) is 0 Å². The average molecular weight is 497 g/mol. The van der Waals surface area contributed by atoms with Crippen LogP contribution >= 0.6 is 0 Å². The van der Waals surface area contributed by atoms with Gasteiger partial charge in [0.05, 0.1) is 5.41 Å². The minimum absolute atomic E-state index is 0.247. The number of phenolic OH excluding ortho intramolecular Hbond substituents is 1. The van der Waals surface area contributed by atoms with Crippen molar-refractivity contribution < 1.29 is 14.6 Å². The van der Waals surface area contributed by atoms with E-state index in [2.05, 4.69) is 43.3 Å². The Balaban J connectivity index is 1.83. The Labute approximate surface area is 222 Å². The molecule has 1 aliphatic rings. The monoisotopic (exact) mass is 496 g/mol. The topological polar surface area (TPSA) is 46.5 Å². The minimum atomic E-state index is -0.562. The number of carbonyl (C=O) groups excluding carboxylic acids is 1. The van der Waals surface area contributed by atoms with E-state index in [0.717, 1.165) is 24.0 Å². The number of aromatic hydroxyl groups is 1. The molecule has 0 amide bonds. The van der Waals surface area contributed by atoms with Crippen molar-refractivity contribution in [2.45, 2.75) is 72.6 Å². The van der Waals surface area contributed by atoms with Crippen molar-refractivity contribution in [3.05, 3.63) is 95.1 Å². The molecule has 4 rings (SSSR count). The molecule has 1 aliphatic carbocycles. The highest BCUT2D eigenvalue weighted by atomic mass is 16.5. The van der Waals surface area contributed by atoms with Crippen molar-refractivity contribution in [3.8, 4) is 11.5 Å². The second-order valence-corrected chi connectivity index (χ2v) is 11.3. The smallest absolute Gasteiger partial charge is 0.316 e. The number of aryl methyl sites for hydroxylation is 1. The van der Waals surface area contributed by atoms with E-state index >= 15 is 0 Å². The molecule has 1 N–H and O–H groups in total. The molecular formula is C34H40O3. The molecule has 0 atom stereocenters. The van der Waals surface area contributed by atoms with Gasteiger partial charge in [-0.1, -0.05) is 87.6 Å². The van der Waals surface area contributed by atoms with E-state index in [1.807, 2.05) is 45.0 Å². The zero-order valence-corrected chi connectivity index (χ0v) is 22.7. The third-order valence-electron chi connectivity index (χ3n) is 7.35. The van der Waals surface area contributed by atoms with Crippen molar-refractivity contribution >= 4 is 17.1 Å². The van der Waals surface area contributed by atoms with Gasteiger partial charge in [0.2, 0.25) is 0 Å². The summed E-state index contributed by atoms with van der Waals surface area (Å²) >= 11 is 0. The van der Waals surface area contributed by atoms with Crippen molar-refractivity contribution in [1.29, 1.82) is 0 Å². The van der Waals surface area contributed by atoms with Crippen LogP contribution in [0.2, 0.25) is 0 Å². The molecule has 0 saturated heterocycles. The quantitative estimate of drug-likeness (QED) is 0.202. The summed E-state index contributed by atoms with van der Waals surface area (Å²) in [5.74, 6) is 1.22. The van der Waals surface area contributed by atoms with Gasteiger partial charge < -0.3 is 9.84 Å². The lowest BCUT2D eigenvalue weighted by atomic mass is 9.79. The molecule has 194 valence electrons. The number of ether oxygens (including phenoxy) is 1. The fraction of sp³-hybridized carbons (Fsp3) is 0.382. The summed E-state index contributed by atoms with van der Waals surface area (Å²) in [6, 6.07) is 24.4. The maximum absolute atomic E-state index is 12.4. The molecule has 0 radical (unpaired) electrons. The van der Waals surface area contributed by atoms with Crippen molar-refractivity contribution in [2.75, 3.05) is 0 Å². The molecule has 3 aromatic carbocycles. The molecule has 0 unspecified atom stereocenters. The highest BCUT2D eigenvalue weighted by Crippen LogP contribution is 2.40. The minimum Gasteiger partial charge on any atom is -0.508 e. The number of carbonyl (C=O) groups is 1. The molecule has 37 heavy (non-hydrogen) atoms. The van der Waals surface area contributed by atoms with Crippen LogP contribution in [0.1, 0.15) is 88.5 Å². The first-order valence-corrected chi connectivity index (χ1v) is 13.7. The normalized spacial score (nSPS) is 15.2. The second-order valence-electron chi connectivity index (χ2n) is 11.3. The molecule has 3 aromatic rings. The molecular weight excluding hydrogens is 456 g/mol. The van der Waals surface area contributed by atoms with Gasteiger partial charge in [-0.15, -0.1) is 0 Å². The van der Waals surface area contributed by atoms with Gasteiger partial charge in [0.25, 0.3) is 0 Å². The van der Waals surface area contributed by atoms with E-state index < -0.39 is 5.41 Å². The lowest BCUT2D eigenvalue weighted by Gasteiger charge is -2.26. The van der Waals surface area contributed by atoms with Crippen LogP contribution in [-0.2, 0) is 11.2 Å². The van der Waals surface area contributed by atoms with Gasteiger partial charge in [-0.05, 0) is 97.2 Å². The number of allylic oxidation sites excluding steroid dienone is 1. The van der Waals surface area contributed by atoms with Gasteiger partial charge in [0.15, 0.2) is 0 Å². The maximum Gasteiger partial charge on any atom is 0.316 e. The second kappa shape index (κ2) is 11.8. The van der Waals surface area contributed by atoms with Gasteiger partial charge in [-0.25, -0.2) is 0 Å². The fourth-order valence-corrected chi connectivity index (χ4v) is 5.08. The van der Waals surface area contributed by atoms with E-state index in [4.69, 9.17) is 4.74 Å². The van der Waals surface area contributed by atoms with Crippen LogP contribution in [0.3, 0.4) is 0 Å². The van der Waals surface area contributed by atoms with Crippen LogP contribution in [-0.4, -0.2) is 11.1 Å². The molecule has 3 heteroatoms. The number of benzene rings is 3. The zero-order valence-electron chi connectivity index (χ0n) is 22.7. The molecule has 1 fully saturated rings. The summed E-state index contributed by atoms with van der Waals surface area (Å²) in [7, 11) is 0.